The van der Waals surface area contributed by atoms with E-state index in [2.05, 4.69) is 65.8 Å². The van der Waals surface area contributed by atoms with Crippen molar-refractivity contribution in [1.82, 2.24) is 0 Å². The van der Waals surface area contributed by atoms with Gasteiger partial charge in [-0.25, -0.2) is 0 Å². The Bertz CT molecular complexity index is 383. The van der Waals surface area contributed by atoms with E-state index in [0.717, 1.165) is 23.7 Å². The van der Waals surface area contributed by atoms with E-state index in [1.165, 1.54) is 68.9 Å². The molecule has 0 spiro atoms. The fourth-order valence-corrected chi connectivity index (χ4v) is 3.80. The van der Waals surface area contributed by atoms with Crippen molar-refractivity contribution >= 4 is 0 Å². The van der Waals surface area contributed by atoms with Crippen LogP contribution in [0.15, 0.2) is 24.3 Å². The van der Waals surface area contributed by atoms with Crippen molar-refractivity contribution in [2.24, 2.45) is 23.7 Å². The van der Waals surface area contributed by atoms with Crippen LogP contribution < -0.4 is 0 Å². The molecule has 0 atom stereocenters. The Kier molecular flexibility index (Phi) is 13.9. The number of rotatable bonds is 1. The predicted octanol–water partition coefficient (Wildman–Crippen LogP) is 8.99. The summed E-state index contributed by atoms with van der Waals surface area (Å²) >= 11 is 0. The van der Waals surface area contributed by atoms with E-state index in [9.17, 15) is 0 Å². The van der Waals surface area contributed by atoms with Gasteiger partial charge in [-0.15, -0.1) is 0 Å². The summed E-state index contributed by atoms with van der Waals surface area (Å²) in [5.41, 5.74) is 2.66. The van der Waals surface area contributed by atoms with E-state index in [0.29, 0.717) is 0 Å². The molecule has 0 heterocycles. The highest BCUT2D eigenvalue weighted by atomic mass is 14.2. The Balaban J connectivity index is 0.000000355. The molecule has 0 bridgehead atoms. The van der Waals surface area contributed by atoms with Crippen LogP contribution >= 0.6 is 0 Å². The number of benzene rings is 1. The van der Waals surface area contributed by atoms with Gasteiger partial charge in [0.25, 0.3) is 0 Å². The second-order valence-electron chi connectivity index (χ2n) is 9.05. The van der Waals surface area contributed by atoms with Crippen molar-refractivity contribution in [2.75, 3.05) is 0 Å². The van der Waals surface area contributed by atoms with Crippen LogP contribution in [0.4, 0.5) is 0 Å². The normalized spacial score (nSPS) is 27.8. The topological polar surface area (TPSA) is 0 Å². The Morgan fingerprint density at radius 2 is 0.885 bits per heavy atom. The third kappa shape index (κ3) is 11.8. The zero-order chi connectivity index (χ0) is 18.7. The van der Waals surface area contributed by atoms with E-state index < -0.39 is 0 Å². The highest BCUT2D eigenvalue weighted by molar-refractivity contribution is 5.19. The molecule has 0 unspecified atom stereocenters. The predicted molar refractivity (Wildman–Crippen MR) is 121 cm³/mol. The van der Waals surface area contributed by atoms with Crippen LogP contribution in [0.1, 0.15) is 104 Å². The van der Waals surface area contributed by atoms with Gasteiger partial charge < -0.3 is 0 Å². The minimum absolute atomic E-state index is 0. The minimum Gasteiger partial charge on any atom is -0.0776 e. The van der Waals surface area contributed by atoms with Gasteiger partial charge in [0.15, 0.2) is 0 Å². The Morgan fingerprint density at radius 3 is 1.15 bits per heavy atom. The average molecular weight is 361 g/mol. The molecule has 1 aromatic rings. The molecule has 0 saturated heterocycles. The Labute approximate surface area is 166 Å². The van der Waals surface area contributed by atoms with Crippen molar-refractivity contribution in [3.63, 3.8) is 0 Å². The molecule has 0 nitrogen and oxygen atoms in total. The first-order valence-corrected chi connectivity index (χ1v) is 10.9. The van der Waals surface area contributed by atoms with Crippen LogP contribution in [0.5, 0.6) is 0 Å². The summed E-state index contributed by atoms with van der Waals surface area (Å²) in [6.07, 6.45) is 13.3. The molecular formula is C26H48. The minimum atomic E-state index is 0. The molecule has 2 aliphatic carbocycles. The molecule has 0 N–H and O–H groups in total. The summed E-state index contributed by atoms with van der Waals surface area (Å²) in [4.78, 5) is 0. The maximum absolute atomic E-state index is 2.38. The lowest BCUT2D eigenvalue weighted by molar-refractivity contribution is 0.284. The van der Waals surface area contributed by atoms with E-state index >= 15 is 0 Å². The van der Waals surface area contributed by atoms with Crippen molar-refractivity contribution in [3.8, 4) is 0 Å². The van der Waals surface area contributed by atoms with Gasteiger partial charge in [0.05, 0.1) is 0 Å². The molecule has 0 radical (unpaired) electrons. The zero-order valence-corrected chi connectivity index (χ0v) is 18.0. The van der Waals surface area contributed by atoms with Crippen molar-refractivity contribution in [3.05, 3.63) is 35.4 Å². The molecular weight excluding hydrogens is 312 g/mol. The third-order valence-electron chi connectivity index (χ3n) is 6.24. The first-order chi connectivity index (χ1) is 11.9. The lowest BCUT2D eigenvalue weighted by atomic mass is 9.82. The summed E-state index contributed by atoms with van der Waals surface area (Å²) in [5.74, 6) is 4.13. The van der Waals surface area contributed by atoms with E-state index in [1.54, 1.807) is 0 Å². The van der Waals surface area contributed by atoms with Gasteiger partial charge in [-0.1, -0.05) is 128 Å². The fraction of sp³-hybridized carbons (Fsp3) is 0.769. The highest BCUT2D eigenvalue weighted by Crippen LogP contribution is 2.29. The molecule has 2 aliphatic rings. The van der Waals surface area contributed by atoms with Gasteiger partial charge in [0.2, 0.25) is 0 Å². The van der Waals surface area contributed by atoms with Crippen LogP contribution in [-0.2, 0) is 0 Å². The van der Waals surface area contributed by atoms with E-state index in [4.69, 9.17) is 0 Å². The SMILES string of the molecule is C.CC1CCC(C)CC1.CCC1CCC(C)CC1.Cc1ccc(C)cc1. The third-order valence-corrected chi connectivity index (χ3v) is 6.24. The van der Waals surface area contributed by atoms with Gasteiger partial charge in [0.1, 0.15) is 0 Å². The van der Waals surface area contributed by atoms with Crippen LogP contribution in [0.25, 0.3) is 0 Å². The molecule has 0 heteroatoms. The monoisotopic (exact) mass is 360 g/mol. The van der Waals surface area contributed by atoms with Gasteiger partial charge >= 0.3 is 0 Å². The largest absolute Gasteiger partial charge is 0.0776 e. The Morgan fingerprint density at radius 1 is 0.615 bits per heavy atom. The number of aryl methyl sites for hydroxylation is 2. The van der Waals surface area contributed by atoms with Gasteiger partial charge in [-0.2, -0.15) is 0 Å². The second-order valence-corrected chi connectivity index (χ2v) is 9.05. The molecule has 0 aromatic heterocycles. The molecule has 152 valence electrons. The van der Waals surface area contributed by atoms with Crippen molar-refractivity contribution in [2.45, 2.75) is 107 Å². The summed E-state index contributed by atoms with van der Waals surface area (Å²) in [7, 11) is 0. The Hall–Kier alpha value is -0.780. The fourth-order valence-electron chi connectivity index (χ4n) is 3.80. The first kappa shape index (κ1) is 25.2. The van der Waals surface area contributed by atoms with Crippen LogP contribution in [0, 0.1) is 37.5 Å². The molecule has 0 amide bonds. The molecule has 0 aliphatic heterocycles. The summed E-state index contributed by atoms with van der Waals surface area (Å²) in [6.45, 7) is 13.6. The van der Waals surface area contributed by atoms with Crippen molar-refractivity contribution < 1.29 is 0 Å². The van der Waals surface area contributed by atoms with Gasteiger partial charge in [-0.05, 0) is 37.5 Å². The standard InChI is InChI=1S/C9H18.C8H16.C8H10.CH4/c1-3-9-6-4-8(2)5-7-9;2*1-7-3-5-8(2)6-4-7;/h8-9H,3-7H2,1-2H3;7-8H,3-6H2,1-2H3;3-6H,1-2H3;1H4. The van der Waals surface area contributed by atoms with Crippen LogP contribution in [0.2, 0.25) is 0 Å². The lowest BCUT2D eigenvalue weighted by Gasteiger charge is -2.24. The van der Waals surface area contributed by atoms with Crippen molar-refractivity contribution in [1.29, 1.82) is 0 Å². The molecule has 2 fully saturated rings. The van der Waals surface area contributed by atoms with E-state index in [1.807, 2.05) is 0 Å². The number of hydrogen-bond acceptors (Lipinski definition) is 0. The summed E-state index contributed by atoms with van der Waals surface area (Å²) in [5, 5.41) is 0. The molecule has 26 heavy (non-hydrogen) atoms. The summed E-state index contributed by atoms with van der Waals surface area (Å²) in [6, 6.07) is 8.48. The quantitative estimate of drug-likeness (QED) is 0.468. The maximum Gasteiger partial charge on any atom is -0.0398 e. The van der Waals surface area contributed by atoms with Gasteiger partial charge in [0, 0.05) is 0 Å². The highest BCUT2D eigenvalue weighted by Gasteiger charge is 2.15. The van der Waals surface area contributed by atoms with Gasteiger partial charge in [-0.3, -0.25) is 0 Å². The molecule has 2 saturated carbocycles. The maximum atomic E-state index is 2.38. The summed E-state index contributed by atoms with van der Waals surface area (Å²) < 4.78 is 0. The van der Waals surface area contributed by atoms with E-state index in [-0.39, 0.29) is 7.43 Å². The smallest absolute Gasteiger partial charge is 0.0398 e. The first-order valence-electron chi connectivity index (χ1n) is 10.9. The molecule has 1 aromatic carbocycles. The average Bonchev–Trinajstić information content (AvgIpc) is 2.62. The lowest BCUT2D eigenvalue weighted by Crippen LogP contribution is -2.10. The van der Waals surface area contributed by atoms with Crippen LogP contribution in [-0.4, -0.2) is 0 Å². The molecule has 3 rings (SSSR count). The van der Waals surface area contributed by atoms with Crippen LogP contribution in [0.3, 0.4) is 0 Å². The second kappa shape index (κ2) is 14.3. The number of hydrogen-bond donors (Lipinski definition) is 0. The zero-order valence-electron chi connectivity index (χ0n) is 18.0.